The first-order chi connectivity index (χ1) is 8.99. The number of anilines is 1. The molecule has 2 unspecified atom stereocenters. The quantitative estimate of drug-likeness (QED) is 0.873. The lowest BCUT2D eigenvalue weighted by molar-refractivity contribution is -0.117. The Morgan fingerprint density at radius 2 is 2.00 bits per heavy atom. The number of fused-ring (bicyclic) bond motifs is 1. The van der Waals surface area contributed by atoms with Crippen LogP contribution < -0.4 is 5.32 Å². The van der Waals surface area contributed by atoms with E-state index in [1.807, 2.05) is 32.9 Å². The summed E-state index contributed by atoms with van der Waals surface area (Å²) < 4.78 is 0. The fraction of sp³-hybridized carbons (Fsp3) is 0.562. The highest BCUT2D eigenvalue weighted by Crippen LogP contribution is 2.40. The van der Waals surface area contributed by atoms with Crippen molar-refractivity contribution >= 4 is 11.6 Å². The van der Waals surface area contributed by atoms with Crippen molar-refractivity contribution in [1.82, 2.24) is 0 Å². The summed E-state index contributed by atoms with van der Waals surface area (Å²) in [6, 6.07) is 4.03. The van der Waals surface area contributed by atoms with Crippen LogP contribution in [0.2, 0.25) is 0 Å². The van der Waals surface area contributed by atoms with E-state index in [0.29, 0.717) is 0 Å². The Balaban J connectivity index is 2.53. The molecule has 1 amide bonds. The van der Waals surface area contributed by atoms with Crippen LogP contribution in [0.1, 0.15) is 62.8 Å². The van der Waals surface area contributed by atoms with E-state index in [-0.39, 0.29) is 17.7 Å². The van der Waals surface area contributed by atoms with Gasteiger partial charge in [0, 0.05) is 5.69 Å². The van der Waals surface area contributed by atoms with Gasteiger partial charge in [-0.25, -0.2) is 0 Å². The van der Waals surface area contributed by atoms with Crippen LogP contribution >= 0.6 is 0 Å². The van der Waals surface area contributed by atoms with Gasteiger partial charge >= 0.3 is 0 Å². The summed E-state index contributed by atoms with van der Waals surface area (Å²) in [5.41, 5.74) is 4.08. The molecule has 0 aromatic heterocycles. The first-order valence-corrected chi connectivity index (χ1v) is 7.15. The Labute approximate surface area is 115 Å². The van der Waals surface area contributed by atoms with Crippen LogP contribution in [0.5, 0.6) is 0 Å². The Morgan fingerprint density at radius 1 is 1.32 bits per heavy atom. The zero-order valence-corrected chi connectivity index (χ0v) is 12.2. The van der Waals surface area contributed by atoms with Crippen molar-refractivity contribution in [2.75, 3.05) is 5.32 Å². The highest BCUT2D eigenvalue weighted by atomic mass is 16.3. The van der Waals surface area contributed by atoms with Crippen LogP contribution in [-0.2, 0) is 11.2 Å². The number of carbonyl (C=O) groups excluding carboxylic acids is 1. The third-order valence-corrected chi connectivity index (χ3v) is 3.98. The third-order valence-electron chi connectivity index (χ3n) is 3.98. The summed E-state index contributed by atoms with van der Waals surface area (Å²) in [6.45, 7) is 8.11. The van der Waals surface area contributed by atoms with Crippen LogP contribution in [0.4, 0.5) is 5.69 Å². The van der Waals surface area contributed by atoms with Gasteiger partial charge in [-0.3, -0.25) is 4.79 Å². The molecular formula is C16H23NO2. The maximum Gasteiger partial charge on any atom is 0.232 e. The number of hydrogen-bond acceptors (Lipinski definition) is 2. The average Bonchev–Trinajstić information content (AvgIpc) is 2.71. The molecule has 1 heterocycles. The molecule has 2 rings (SSSR count). The lowest BCUT2D eigenvalue weighted by Gasteiger charge is -2.18. The molecule has 3 heteroatoms. The molecular weight excluding hydrogens is 238 g/mol. The number of aliphatic hydroxyl groups excluding tert-OH is 1. The minimum atomic E-state index is -0.469. The summed E-state index contributed by atoms with van der Waals surface area (Å²) in [5.74, 6) is 0.191. The van der Waals surface area contributed by atoms with Gasteiger partial charge in [0.15, 0.2) is 0 Å². The number of amides is 1. The molecule has 1 aliphatic rings. The van der Waals surface area contributed by atoms with E-state index >= 15 is 0 Å². The zero-order chi connectivity index (χ0) is 14.2. The smallest absolute Gasteiger partial charge is 0.232 e. The summed E-state index contributed by atoms with van der Waals surface area (Å²) >= 11 is 0. The van der Waals surface area contributed by atoms with Gasteiger partial charge in [0.05, 0.1) is 12.0 Å². The summed E-state index contributed by atoms with van der Waals surface area (Å²) in [6.07, 6.45) is 1.18. The molecule has 1 aromatic carbocycles. The molecule has 0 fully saturated rings. The molecule has 19 heavy (non-hydrogen) atoms. The minimum absolute atomic E-state index is 0.0698. The van der Waals surface area contributed by atoms with Gasteiger partial charge in [-0.1, -0.05) is 39.8 Å². The Kier molecular flexibility index (Phi) is 3.95. The topological polar surface area (TPSA) is 49.3 Å². The summed E-state index contributed by atoms with van der Waals surface area (Å²) in [7, 11) is 0. The van der Waals surface area contributed by atoms with Crippen LogP contribution in [0.15, 0.2) is 12.1 Å². The van der Waals surface area contributed by atoms with Crippen molar-refractivity contribution in [3.05, 3.63) is 28.8 Å². The Bertz CT molecular complexity index is 494. The van der Waals surface area contributed by atoms with E-state index in [0.717, 1.165) is 35.2 Å². The lowest BCUT2D eigenvalue weighted by Crippen LogP contribution is -2.11. The van der Waals surface area contributed by atoms with Crippen LogP contribution in [0.3, 0.4) is 0 Å². The van der Waals surface area contributed by atoms with Gasteiger partial charge in [0.25, 0.3) is 0 Å². The monoisotopic (exact) mass is 261 g/mol. The maximum atomic E-state index is 12.0. The van der Waals surface area contributed by atoms with Gasteiger partial charge in [-0.05, 0) is 35.4 Å². The molecule has 104 valence electrons. The average molecular weight is 261 g/mol. The van der Waals surface area contributed by atoms with Gasteiger partial charge in [-0.2, -0.15) is 0 Å². The highest BCUT2D eigenvalue weighted by Gasteiger charge is 2.31. The second-order valence-electron chi connectivity index (χ2n) is 5.64. The van der Waals surface area contributed by atoms with Crippen molar-refractivity contribution < 1.29 is 9.90 Å². The molecule has 0 aliphatic carbocycles. The summed E-state index contributed by atoms with van der Waals surface area (Å²) in [4.78, 5) is 12.0. The fourth-order valence-corrected chi connectivity index (χ4v) is 2.77. The molecule has 0 spiro atoms. The van der Waals surface area contributed by atoms with Gasteiger partial charge in [0.2, 0.25) is 5.91 Å². The molecule has 0 radical (unpaired) electrons. The molecule has 0 saturated heterocycles. The maximum absolute atomic E-state index is 12.0. The number of benzene rings is 1. The van der Waals surface area contributed by atoms with Crippen molar-refractivity contribution in [2.24, 2.45) is 5.92 Å². The van der Waals surface area contributed by atoms with Crippen molar-refractivity contribution in [3.63, 3.8) is 0 Å². The van der Waals surface area contributed by atoms with Gasteiger partial charge in [-0.15, -0.1) is 0 Å². The number of carbonyl (C=O) groups is 1. The minimum Gasteiger partial charge on any atom is -0.388 e. The first kappa shape index (κ1) is 14.1. The normalized spacial score (nSPS) is 19.5. The fourth-order valence-electron chi connectivity index (χ4n) is 2.77. The molecule has 1 aliphatic heterocycles. The second-order valence-corrected chi connectivity index (χ2v) is 5.64. The highest BCUT2D eigenvalue weighted by molar-refractivity contribution is 6.03. The second kappa shape index (κ2) is 5.33. The predicted octanol–water partition coefficient (Wildman–Crippen LogP) is 3.38. The largest absolute Gasteiger partial charge is 0.388 e. The van der Waals surface area contributed by atoms with Crippen LogP contribution in [-0.4, -0.2) is 11.0 Å². The SMILES string of the molecule is CCc1cc(C(O)C(C)C)cc2c1NC(=O)C2CC. The first-order valence-electron chi connectivity index (χ1n) is 7.15. The number of hydrogen-bond donors (Lipinski definition) is 2. The van der Waals surface area contributed by atoms with Crippen LogP contribution in [0, 0.1) is 5.92 Å². The molecule has 0 bridgehead atoms. The van der Waals surface area contributed by atoms with E-state index in [2.05, 4.69) is 12.2 Å². The van der Waals surface area contributed by atoms with E-state index < -0.39 is 6.10 Å². The standard InChI is InChI=1S/C16H23NO2/c1-5-10-7-11(15(18)9(3)4)8-13-12(6-2)16(19)17-14(10)13/h7-9,12,15,18H,5-6H2,1-4H3,(H,17,19). The van der Waals surface area contributed by atoms with Gasteiger partial charge < -0.3 is 10.4 Å². The molecule has 3 nitrogen and oxygen atoms in total. The third kappa shape index (κ3) is 2.39. The van der Waals surface area contributed by atoms with Gasteiger partial charge in [0.1, 0.15) is 0 Å². The number of aryl methyl sites for hydroxylation is 1. The summed E-state index contributed by atoms with van der Waals surface area (Å²) in [5, 5.41) is 13.3. The van der Waals surface area contributed by atoms with E-state index in [1.54, 1.807) is 0 Å². The molecule has 0 saturated carbocycles. The number of rotatable bonds is 4. The number of nitrogens with one attached hydrogen (secondary N) is 1. The Hall–Kier alpha value is -1.35. The molecule has 2 atom stereocenters. The van der Waals surface area contributed by atoms with E-state index in [4.69, 9.17) is 0 Å². The predicted molar refractivity (Wildman–Crippen MR) is 77.3 cm³/mol. The molecule has 1 aromatic rings. The van der Waals surface area contributed by atoms with Crippen LogP contribution in [0.25, 0.3) is 0 Å². The van der Waals surface area contributed by atoms with Crippen molar-refractivity contribution in [1.29, 1.82) is 0 Å². The zero-order valence-electron chi connectivity index (χ0n) is 12.2. The lowest BCUT2D eigenvalue weighted by atomic mass is 9.89. The van der Waals surface area contributed by atoms with Crippen molar-refractivity contribution in [2.45, 2.75) is 52.6 Å². The van der Waals surface area contributed by atoms with Crippen molar-refractivity contribution in [3.8, 4) is 0 Å². The Morgan fingerprint density at radius 3 is 2.53 bits per heavy atom. The molecule has 2 N–H and O–H groups in total. The van der Waals surface area contributed by atoms with E-state index in [1.165, 1.54) is 0 Å². The number of aliphatic hydroxyl groups is 1. The van der Waals surface area contributed by atoms with E-state index in [9.17, 15) is 9.90 Å².